The molecule has 0 aliphatic carbocycles. The van der Waals surface area contributed by atoms with E-state index < -0.39 is 0 Å². The Labute approximate surface area is 99.1 Å². The van der Waals surface area contributed by atoms with Crippen LogP contribution in [-0.4, -0.2) is 22.0 Å². The summed E-state index contributed by atoms with van der Waals surface area (Å²) in [7, 11) is 0. The molecule has 1 unspecified atom stereocenters. The fourth-order valence-corrected chi connectivity index (χ4v) is 2.66. The number of aryl methyl sites for hydroxylation is 1. The van der Waals surface area contributed by atoms with Gasteiger partial charge in [0.05, 0.1) is 12.2 Å². The van der Waals surface area contributed by atoms with E-state index >= 15 is 0 Å². The molecule has 0 aliphatic rings. The Balaban J connectivity index is 2.25. The van der Waals surface area contributed by atoms with Crippen LogP contribution in [0.15, 0.2) is 17.6 Å². The first kappa shape index (κ1) is 11.3. The van der Waals surface area contributed by atoms with Crippen LogP contribution in [0.3, 0.4) is 0 Å². The van der Waals surface area contributed by atoms with Crippen LogP contribution in [0, 0.1) is 6.92 Å². The lowest BCUT2D eigenvalue weighted by atomic mass is 10.1. The maximum absolute atomic E-state index is 4.17. The highest BCUT2D eigenvalue weighted by molar-refractivity contribution is 7.10. The van der Waals surface area contributed by atoms with Crippen LogP contribution in [0.2, 0.25) is 0 Å². The van der Waals surface area contributed by atoms with Crippen LogP contribution >= 0.6 is 11.3 Å². The molecule has 0 fully saturated rings. The Morgan fingerprint density at radius 2 is 2.44 bits per heavy atom. The minimum absolute atomic E-state index is 0.165. The third-order valence-electron chi connectivity index (χ3n) is 2.49. The molecule has 0 spiro atoms. The van der Waals surface area contributed by atoms with E-state index in [4.69, 9.17) is 0 Å². The van der Waals surface area contributed by atoms with Gasteiger partial charge in [-0.05, 0) is 36.9 Å². The second-order valence-corrected chi connectivity index (χ2v) is 4.70. The molecule has 0 radical (unpaired) electrons. The molecule has 4 nitrogen and oxygen atoms in total. The van der Waals surface area contributed by atoms with E-state index in [0.717, 1.165) is 18.7 Å². The highest BCUT2D eigenvalue weighted by atomic mass is 32.1. The van der Waals surface area contributed by atoms with Crippen LogP contribution in [0.5, 0.6) is 0 Å². The van der Waals surface area contributed by atoms with Gasteiger partial charge in [0.1, 0.15) is 5.69 Å². The van der Waals surface area contributed by atoms with Gasteiger partial charge in [0.15, 0.2) is 0 Å². The number of aromatic nitrogens is 3. The van der Waals surface area contributed by atoms with Crippen LogP contribution in [0.4, 0.5) is 0 Å². The Hall–Kier alpha value is -1.20. The number of nitrogens with zero attached hydrogens (tertiary/aromatic N) is 2. The van der Waals surface area contributed by atoms with E-state index in [1.54, 1.807) is 17.5 Å². The zero-order valence-electron chi connectivity index (χ0n) is 9.53. The largest absolute Gasteiger partial charge is 0.304 e. The number of nitrogens with one attached hydrogen (secondary N) is 2. The van der Waals surface area contributed by atoms with Gasteiger partial charge < -0.3 is 5.32 Å². The van der Waals surface area contributed by atoms with Crippen molar-refractivity contribution in [1.29, 1.82) is 0 Å². The highest BCUT2D eigenvalue weighted by Gasteiger charge is 2.18. The molecule has 0 amide bonds. The van der Waals surface area contributed by atoms with Gasteiger partial charge in [0.25, 0.3) is 0 Å². The van der Waals surface area contributed by atoms with Crippen LogP contribution in [0.25, 0.3) is 0 Å². The molecule has 86 valence electrons. The molecular formula is C11H16N4S. The molecule has 2 aromatic rings. The SMILES string of the molecule is CCCNC(c1cn[nH]n1)c1sccc1C. The van der Waals surface area contributed by atoms with E-state index in [9.17, 15) is 0 Å². The normalized spacial score (nSPS) is 12.9. The number of thiophene rings is 1. The van der Waals surface area contributed by atoms with Crippen molar-refractivity contribution >= 4 is 11.3 Å². The quantitative estimate of drug-likeness (QED) is 0.837. The molecule has 1 atom stereocenters. The summed E-state index contributed by atoms with van der Waals surface area (Å²) in [5, 5.41) is 16.3. The number of aromatic amines is 1. The number of rotatable bonds is 5. The van der Waals surface area contributed by atoms with E-state index in [-0.39, 0.29) is 6.04 Å². The standard InChI is InChI=1S/C11H16N4S/c1-3-5-12-10(9-7-13-15-14-9)11-8(2)4-6-16-11/h4,6-7,10,12H,3,5H2,1-2H3,(H,13,14,15). The number of hydrogen-bond acceptors (Lipinski definition) is 4. The van der Waals surface area contributed by atoms with E-state index in [1.807, 2.05) is 0 Å². The summed E-state index contributed by atoms with van der Waals surface area (Å²) in [4.78, 5) is 1.32. The van der Waals surface area contributed by atoms with Gasteiger partial charge in [-0.1, -0.05) is 6.92 Å². The van der Waals surface area contributed by atoms with Gasteiger partial charge in [-0.3, -0.25) is 0 Å². The summed E-state index contributed by atoms with van der Waals surface area (Å²) < 4.78 is 0. The molecule has 0 saturated carbocycles. The molecule has 2 aromatic heterocycles. The molecule has 0 bridgehead atoms. The lowest BCUT2D eigenvalue weighted by Crippen LogP contribution is -2.23. The maximum atomic E-state index is 4.17. The van der Waals surface area contributed by atoms with Crippen molar-refractivity contribution in [2.24, 2.45) is 0 Å². The Morgan fingerprint density at radius 1 is 1.56 bits per heavy atom. The lowest BCUT2D eigenvalue weighted by molar-refractivity contribution is 0.590. The van der Waals surface area contributed by atoms with Crippen molar-refractivity contribution in [1.82, 2.24) is 20.7 Å². The monoisotopic (exact) mass is 236 g/mol. The molecule has 2 heterocycles. The van der Waals surface area contributed by atoms with Gasteiger partial charge in [0, 0.05) is 4.88 Å². The predicted octanol–water partition coefficient (Wildman–Crippen LogP) is 2.26. The van der Waals surface area contributed by atoms with E-state index in [0.29, 0.717) is 0 Å². The zero-order valence-corrected chi connectivity index (χ0v) is 10.3. The smallest absolute Gasteiger partial charge is 0.105 e. The summed E-state index contributed by atoms with van der Waals surface area (Å²) in [5.74, 6) is 0. The van der Waals surface area contributed by atoms with Crippen molar-refractivity contribution in [3.63, 3.8) is 0 Å². The van der Waals surface area contributed by atoms with Crippen molar-refractivity contribution in [3.05, 3.63) is 33.8 Å². The molecular weight excluding hydrogens is 220 g/mol. The first-order valence-electron chi connectivity index (χ1n) is 5.46. The van der Waals surface area contributed by atoms with Gasteiger partial charge in [-0.15, -0.1) is 11.3 Å². The third-order valence-corrected chi connectivity index (χ3v) is 3.58. The molecule has 5 heteroatoms. The first-order valence-corrected chi connectivity index (χ1v) is 6.34. The Morgan fingerprint density at radius 3 is 3.00 bits per heavy atom. The number of hydrogen-bond donors (Lipinski definition) is 2. The third kappa shape index (κ3) is 2.31. The fraction of sp³-hybridized carbons (Fsp3) is 0.455. The van der Waals surface area contributed by atoms with Gasteiger partial charge >= 0.3 is 0 Å². The summed E-state index contributed by atoms with van der Waals surface area (Å²) in [6.45, 7) is 5.27. The maximum Gasteiger partial charge on any atom is 0.105 e. The van der Waals surface area contributed by atoms with Crippen molar-refractivity contribution < 1.29 is 0 Å². The van der Waals surface area contributed by atoms with E-state index in [2.05, 4.69) is 46.0 Å². The molecule has 0 aliphatic heterocycles. The molecule has 0 aromatic carbocycles. The topological polar surface area (TPSA) is 53.6 Å². The fourth-order valence-electron chi connectivity index (χ4n) is 1.65. The molecule has 0 saturated heterocycles. The summed E-state index contributed by atoms with van der Waals surface area (Å²) in [5.41, 5.74) is 2.26. The van der Waals surface area contributed by atoms with Gasteiger partial charge in [-0.2, -0.15) is 15.4 Å². The second-order valence-electron chi connectivity index (χ2n) is 3.75. The average molecular weight is 236 g/mol. The predicted molar refractivity (Wildman–Crippen MR) is 65.6 cm³/mol. The number of H-pyrrole nitrogens is 1. The minimum atomic E-state index is 0.165. The van der Waals surface area contributed by atoms with Crippen LogP contribution < -0.4 is 5.32 Å². The highest BCUT2D eigenvalue weighted by Crippen LogP contribution is 2.27. The molecule has 16 heavy (non-hydrogen) atoms. The van der Waals surface area contributed by atoms with Gasteiger partial charge in [0.2, 0.25) is 0 Å². The van der Waals surface area contributed by atoms with Crippen molar-refractivity contribution in [2.75, 3.05) is 6.54 Å². The molecule has 2 N–H and O–H groups in total. The average Bonchev–Trinajstić information content (AvgIpc) is 2.91. The first-order chi connectivity index (χ1) is 7.83. The zero-order chi connectivity index (χ0) is 11.4. The van der Waals surface area contributed by atoms with Gasteiger partial charge in [-0.25, -0.2) is 0 Å². The summed E-state index contributed by atoms with van der Waals surface area (Å²) in [6, 6.07) is 2.31. The van der Waals surface area contributed by atoms with E-state index in [1.165, 1.54) is 10.4 Å². The van der Waals surface area contributed by atoms with Crippen molar-refractivity contribution in [3.8, 4) is 0 Å². The van der Waals surface area contributed by atoms with Crippen LogP contribution in [0.1, 0.15) is 35.5 Å². The second kappa shape index (κ2) is 5.23. The minimum Gasteiger partial charge on any atom is -0.304 e. The van der Waals surface area contributed by atoms with Crippen molar-refractivity contribution in [2.45, 2.75) is 26.3 Å². The Bertz CT molecular complexity index is 421. The summed E-state index contributed by atoms with van der Waals surface area (Å²) >= 11 is 1.76. The van der Waals surface area contributed by atoms with Crippen LogP contribution in [-0.2, 0) is 0 Å². The molecule has 2 rings (SSSR count). The Kier molecular flexibility index (Phi) is 3.69. The summed E-state index contributed by atoms with van der Waals surface area (Å²) in [6.07, 6.45) is 2.89. The lowest BCUT2D eigenvalue weighted by Gasteiger charge is -2.15.